The third-order valence-electron chi connectivity index (χ3n) is 4.52. The zero-order chi connectivity index (χ0) is 20.0. The highest BCUT2D eigenvalue weighted by molar-refractivity contribution is 5.37. The van der Waals surface area contributed by atoms with Crippen LogP contribution in [0.3, 0.4) is 0 Å². The lowest BCUT2D eigenvalue weighted by Crippen LogP contribution is -2.26. The monoisotopic (exact) mass is 392 g/mol. The van der Waals surface area contributed by atoms with Gasteiger partial charge in [0.05, 0.1) is 17.2 Å². The topological polar surface area (TPSA) is 17.3 Å². The Morgan fingerprint density at radius 2 is 1.67 bits per heavy atom. The van der Waals surface area contributed by atoms with Crippen LogP contribution in [0.25, 0.3) is 0 Å². The molecular weight excluding hydrogens is 377 g/mol. The number of hydrogen-bond acceptors (Lipinski definition) is 1. The van der Waals surface area contributed by atoms with Crippen LogP contribution in [0, 0.1) is 5.82 Å². The summed E-state index contributed by atoms with van der Waals surface area (Å²) >= 11 is 0. The molecule has 0 fully saturated rings. The smallest absolute Gasteiger partial charge is 0.333 e. The first-order valence-corrected chi connectivity index (χ1v) is 8.14. The van der Waals surface area contributed by atoms with E-state index in [1.807, 2.05) is 0 Å². The number of pyridine rings is 1. The van der Waals surface area contributed by atoms with Gasteiger partial charge in [-0.2, -0.15) is 26.3 Å². The molecule has 1 aliphatic rings. The zero-order valence-corrected chi connectivity index (χ0v) is 14.1. The van der Waals surface area contributed by atoms with Crippen LogP contribution in [0.1, 0.15) is 41.1 Å². The fraction of sp³-hybridized carbons (Fsp3) is 0.389. The molecule has 0 spiro atoms. The van der Waals surface area contributed by atoms with Crippen LogP contribution in [0.15, 0.2) is 35.5 Å². The fourth-order valence-electron chi connectivity index (χ4n) is 3.23. The van der Waals surface area contributed by atoms with E-state index in [0.717, 1.165) is 22.9 Å². The minimum absolute atomic E-state index is 0.277. The van der Waals surface area contributed by atoms with Crippen LogP contribution in [-0.2, 0) is 25.8 Å². The van der Waals surface area contributed by atoms with Crippen LogP contribution in [0.2, 0.25) is 0 Å². The minimum atomic E-state index is -4.69. The largest absolute Gasteiger partial charge is 0.417 e. The second-order valence-electron chi connectivity index (χ2n) is 6.46. The number of aryl methyl sites for hydroxylation is 2. The van der Waals surface area contributed by atoms with Crippen molar-refractivity contribution in [3.8, 4) is 0 Å². The van der Waals surface area contributed by atoms with Gasteiger partial charge >= 0.3 is 12.4 Å². The Balaban J connectivity index is 2.05. The minimum Gasteiger partial charge on any atom is -0.333 e. The molecule has 0 amide bonds. The normalized spacial score (nSPS) is 18.5. The van der Waals surface area contributed by atoms with E-state index in [2.05, 4.69) is 4.99 Å². The standard InChI is InChI=1S/C18H15F7N2/c1-27-9-12(18(23,24)25)8-14(19)16(27)26-15-4-2-3-10-7-11(17(20,21)22)5-6-13(10)15/h5-9,15H,2-4H2,1H3/b26-16-. The van der Waals surface area contributed by atoms with Crippen molar-refractivity contribution in [2.75, 3.05) is 0 Å². The van der Waals surface area contributed by atoms with Gasteiger partial charge in [0.1, 0.15) is 0 Å². The molecule has 1 atom stereocenters. The molecule has 2 nitrogen and oxygen atoms in total. The highest BCUT2D eigenvalue weighted by Gasteiger charge is 2.33. The summed E-state index contributed by atoms with van der Waals surface area (Å²) in [5.74, 6) is -1.13. The maximum atomic E-state index is 14.2. The maximum absolute atomic E-state index is 14.2. The molecule has 1 aromatic heterocycles. The van der Waals surface area contributed by atoms with Crippen LogP contribution in [0.4, 0.5) is 30.7 Å². The summed E-state index contributed by atoms with van der Waals surface area (Å²) < 4.78 is 92.1. The van der Waals surface area contributed by atoms with E-state index in [9.17, 15) is 30.7 Å². The lowest BCUT2D eigenvalue weighted by molar-refractivity contribution is -0.138. The van der Waals surface area contributed by atoms with Gasteiger partial charge in [0, 0.05) is 13.2 Å². The number of nitrogens with zero attached hydrogens (tertiary/aromatic N) is 2. The summed E-state index contributed by atoms with van der Waals surface area (Å²) in [6.07, 6.45) is -6.97. The van der Waals surface area contributed by atoms with E-state index in [1.165, 1.54) is 13.1 Å². The number of hydrogen-bond donors (Lipinski definition) is 0. The first-order valence-electron chi connectivity index (χ1n) is 8.14. The first-order chi connectivity index (χ1) is 12.5. The van der Waals surface area contributed by atoms with Crippen molar-refractivity contribution < 1.29 is 30.7 Å². The van der Waals surface area contributed by atoms with Crippen molar-refractivity contribution in [3.05, 3.63) is 64.0 Å². The number of benzene rings is 1. The van der Waals surface area contributed by atoms with Crippen molar-refractivity contribution in [2.45, 2.75) is 37.7 Å². The highest BCUT2D eigenvalue weighted by atomic mass is 19.4. The SMILES string of the molecule is Cn1cc(C(F)(F)F)cc(F)/c1=N/C1CCCc2cc(C(F)(F)F)ccc21. The predicted molar refractivity (Wildman–Crippen MR) is 83.1 cm³/mol. The number of halogens is 7. The van der Waals surface area contributed by atoms with E-state index >= 15 is 0 Å². The third-order valence-corrected chi connectivity index (χ3v) is 4.52. The van der Waals surface area contributed by atoms with E-state index in [1.54, 1.807) is 0 Å². The molecule has 9 heteroatoms. The molecule has 0 bridgehead atoms. The van der Waals surface area contributed by atoms with Crippen molar-refractivity contribution >= 4 is 0 Å². The van der Waals surface area contributed by atoms with Gasteiger partial charge in [-0.3, -0.25) is 4.99 Å². The van der Waals surface area contributed by atoms with Gasteiger partial charge in [0.15, 0.2) is 11.3 Å². The summed E-state index contributed by atoms with van der Waals surface area (Å²) in [6, 6.07) is 3.06. The Morgan fingerprint density at radius 3 is 2.26 bits per heavy atom. The van der Waals surface area contributed by atoms with E-state index in [0.29, 0.717) is 36.5 Å². The molecule has 3 rings (SSSR count). The quantitative estimate of drug-likeness (QED) is 0.595. The van der Waals surface area contributed by atoms with Gasteiger partial charge < -0.3 is 4.57 Å². The molecular formula is C18H15F7N2. The average molecular weight is 392 g/mol. The lowest BCUT2D eigenvalue weighted by atomic mass is 9.87. The van der Waals surface area contributed by atoms with E-state index in [-0.39, 0.29) is 5.49 Å². The van der Waals surface area contributed by atoms with Crippen molar-refractivity contribution in [1.82, 2.24) is 4.57 Å². The Morgan fingerprint density at radius 1 is 1.00 bits per heavy atom. The average Bonchev–Trinajstić information content (AvgIpc) is 2.55. The van der Waals surface area contributed by atoms with Crippen molar-refractivity contribution in [3.63, 3.8) is 0 Å². The second-order valence-corrected chi connectivity index (χ2v) is 6.46. The predicted octanol–water partition coefficient (Wildman–Crippen LogP) is 5.18. The molecule has 0 N–H and O–H groups in total. The molecule has 1 unspecified atom stereocenters. The van der Waals surface area contributed by atoms with Gasteiger partial charge in [-0.15, -0.1) is 0 Å². The highest BCUT2D eigenvalue weighted by Crippen LogP contribution is 2.37. The molecule has 146 valence electrons. The Labute approximate surface area is 150 Å². The van der Waals surface area contributed by atoms with Crippen LogP contribution < -0.4 is 5.49 Å². The maximum Gasteiger partial charge on any atom is 0.417 e. The van der Waals surface area contributed by atoms with Crippen molar-refractivity contribution in [2.24, 2.45) is 12.0 Å². The summed E-state index contributed by atoms with van der Waals surface area (Å²) in [5, 5.41) is 0. The van der Waals surface area contributed by atoms with Crippen LogP contribution >= 0.6 is 0 Å². The van der Waals surface area contributed by atoms with Crippen molar-refractivity contribution in [1.29, 1.82) is 0 Å². The fourth-order valence-corrected chi connectivity index (χ4v) is 3.23. The molecule has 0 saturated heterocycles. The van der Waals surface area contributed by atoms with Gasteiger partial charge in [-0.1, -0.05) is 6.07 Å². The van der Waals surface area contributed by atoms with Gasteiger partial charge in [-0.25, -0.2) is 4.39 Å². The molecule has 2 aromatic rings. The number of alkyl halides is 6. The molecule has 1 aliphatic carbocycles. The molecule has 1 aromatic carbocycles. The molecule has 1 heterocycles. The van der Waals surface area contributed by atoms with Gasteiger partial charge in [0.2, 0.25) is 0 Å². The van der Waals surface area contributed by atoms with Crippen LogP contribution in [-0.4, -0.2) is 4.57 Å². The van der Waals surface area contributed by atoms with Gasteiger partial charge in [-0.05, 0) is 48.6 Å². The zero-order valence-electron chi connectivity index (χ0n) is 14.1. The second kappa shape index (κ2) is 6.69. The first kappa shape index (κ1) is 19.4. The molecule has 0 saturated carbocycles. The van der Waals surface area contributed by atoms with E-state index < -0.39 is 35.3 Å². The molecule has 0 radical (unpaired) electrons. The Bertz CT molecular complexity index is 897. The lowest BCUT2D eigenvalue weighted by Gasteiger charge is -2.24. The van der Waals surface area contributed by atoms with Crippen LogP contribution in [0.5, 0.6) is 0 Å². The molecule has 0 aliphatic heterocycles. The third kappa shape index (κ3) is 4.01. The van der Waals surface area contributed by atoms with Gasteiger partial charge in [0.25, 0.3) is 0 Å². The number of aromatic nitrogens is 1. The Hall–Kier alpha value is -2.32. The Kier molecular flexibility index (Phi) is 4.81. The summed E-state index contributed by atoms with van der Waals surface area (Å²) in [5.41, 5.74) is -1.18. The van der Waals surface area contributed by atoms with E-state index in [4.69, 9.17) is 0 Å². The number of fused-ring (bicyclic) bond motifs is 1. The summed E-state index contributed by atoms with van der Waals surface area (Å²) in [7, 11) is 1.24. The molecule has 27 heavy (non-hydrogen) atoms. The summed E-state index contributed by atoms with van der Waals surface area (Å²) in [4.78, 5) is 4.21. The number of rotatable bonds is 1. The summed E-state index contributed by atoms with van der Waals surface area (Å²) in [6.45, 7) is 0.